The summed E-state index contributed by atoms with van der Waals surface area (Å²) >= 11 is 0. The van der Waals surface area contributed by atoms with Gasteiger partial charge >= 0.3 is 5.97 Å². The number of rotatable bonds is 1. The number of para-hydroxylation sites is 1. The molecule has 2 saturated heterocycles. The molecule has 1 aromatic carbocycles. The van der Waals surface area contributed by atoms with Crippen LogP contribution in [0, 0.1) is 5.92 Å². The zero-order chi connectivity index (χ0) is 14.6. The minimum absolute atomic E-state index is 0.00185. The van der Waals surface area contributed by atoms with Crippen molar-refractivity contribution in [1.29, 1.82) is 0 Å². The van der Waals surface area contributed by atoms with Crippen LogP contribution in [0.15, 0.2) is 24.3 Å². The third-order valence-electron chi connectivity index (χ3n) is 5.27. The van der Waals surface area contributed by atoms with Crippen LogP contribution in [0.25, 0.3) is 0 Å². The van der Waals surface area contributed by atoms with Gasteiger partial charge in [-0.3, -0.25) is 14.5 Å². The quantitative estimate of drug-likeness (QED) is 0.795. The summed E-state index contributed by atoms with van der Waals surface area (Å²) < 4.78 is 4.97. The van der Waals surface area contributed by atoms with E-state index in [0.717, 1.165) is 30.6 Å². The van der Waals surface area contributed by atoms with E-state index in [4.69, 9.17) is 4.74 Å². The van der Waals surface area contributed by atoms with Crippen LogP contribution in [0.5, 0.6) is 0 Å². The van der Waals surface area contributed by atoms with E-state index in [0.29, 0.717) is 6.42 Å². The van der Waals surface area contributed by atoms with Crippen molar-refractivity contribution >= 4 is 17.6 Å². The van der Waals surface area contributed by atoms with Crippen molar-refractivity contribution in [1.82, 2.24) is 4.90 Å². The number of hydrogen-bond donors (Lipinski definition) is 1. The van der Waals surface area contributed by atoms with Crippen LogP contribution in [0.2, 0.25) is 0 Å². The monoisotopic (exact) mass is 286 g/mol. The van der Waals surface area contributed by atoms with Gasteiger partial charge in [-0.15, -0.1) is 0 Å². The lowest BCUT2D eigenvalue weighted by atomic mass is 9.84. The molecular formula is C16H18N2O3. The Morgan fingerprint density at radius 1 is 1.43 bits per heavy atom. The highest BCUT2D eigenvalue weighted by atomic mass is 16.5. The van der Waals surface area contributed by atoms with Crippen molar-refractivity contribution < 1.29 is 14.3 Å². The second kappa shape index (κ2) is 4.31. The normalized spacial score (nSPS) is 33.9. The molecule has 5 nitrogen and oxygen atoms in total. The molecule has 0 aromatic heterocycles. The standard InChI is InChI=1S/C16H18N2O3/c1-21-14(19)10-9-16(18-8-4-7-13(10)18)11-5-2-3-6-12(11)17-15(16)20/h2-3,5-6,10,13H,4,7-9H2,1H3,(H,17,20)/t10-,13-,16+/m0/s1. The van der Waals surface area contributed by atoms with E-state index in [1.807, 2.05) is 24.3 Å². The van der Waals surface area contributed by atoms with Crippen LogP contribution >= 0.6 is 0 Å². The molecule has 0 bridgehead atoms. The molecule has 5 heteroatoms. The van der Waals surface area contributed by atoms with Crippen molar-refractivity contribution in [3.63, 3.8) is 0 Å². The first-order valence-electron chi connectivity index (χ1n) is 7.44. The molecule has 3 atom stereocenters. The van der Waals surface area contributed by atoms with E-state index < -0.39 is 5.54 Å². The molecule has 0 saturated carbocycles. The Bertz CT molecular complexity index is 630. The van der Waals surface area contributed by atoms with Crippen LogP contribution in [0.1, 0.15) is 24.8 Å². The van der Waals surface area contributed by atoms with Gasteiger partial charge in [0.25, 0.3) is 0 Å². The summed E-state index contributed by atoms with van der Waals surface area (Å²) in [6.45, 7) is 0.861. The predicted octanol–water partition coefficient (Wildman–Crippen LogP) is 1.49. The van der Waals surface area contributed by atoms with Crippen molar-refractivity contribution in [2.24, 2.45) is 5.92 Å². The number of carbonyl (C=O) groups is 2. The fourth-order valence-electron chi connectivity index (χ4n) is 4.44. The van der Waals surface area contributed by atoms with Gasteiger partial charge in [-0.05, 0) is 31.9 Å². The summed E-state index contributed by atoms with van der Waals surface area (Å²) in [7, 11) is 1.43. The number of benzene rings is 1. The largest absolute Gasteiger partial charge is 0.469 e. The van der Waals surface area contributed by atoms with Gasteiger partial charge in [0, 0.05) is 17.3 Å². The molecule has 4 rings (SSSR count). The highest BCUT2D eigenvalue weighted by Gasteiger charge is 2.62. The minimum Gasteiger partial charge on any atom is -0.469 e. The Morgan fingerprint density at radius 2 is 2.24 bits per heavy atom. The number of nitrogens with zero attached hydrogens (tertiary/aromatic N) is 1. The van der Waals surface area contributed by atoms with Crippen LogP contribution in [-0.2, 0) is 19.9 Å². The minimum atomic E-state index is -0.684. The van der Waals surface area contributed by atoms with Crippen molar-refractivity contribution in [3.05, 3.63) is 29.8 Å². The lowest BCUT2D eigenvalue weighted by Crippen LogP contribution is -2.47. The first-order chi connectivity index (χ1) is 10.2. The first-order valence-corrected chi connectivity index (χ1v) is 7.44. The van der Waals surface area contributed by atoms with E-state index in [1.54, 1.807) is 0 Å². The Morgan fingerprint density at radius 3 is 3.05 bits per heavy atom. The van der Waals surface area contributed by atoms with Gasteiger partial charge in [-0.1, -0.05) is 18.2 Å². The highest BCUT2D eigenvalue weighted by Crippen LogP contribution is 2.54. The fourth-order valence-corrected chi connectivity index (χ4v) is 4.44. The molecule has 3 heterocycles. The SMILES string of the molecule is COC(=O)[C@H]1C[C@@]2(C(=O)Nc3ccccc32)N2CCC[C@@H]12. The molecule has 2 fully saturated rings. The third kappa shape index (κ3) is 1.50. The molecule has 0 radical (unpaired) electrons. The zero-order valence-corrected chi connectivity index (χ0v) is 12.0. The predicted molar refractivity (Wildman–Crippen MR) is 76.6 cm³/mol. The van der Waals surface area contributed by atoms with E-state index in [2.05, 4.69) is 10.2 Å². The number of methoxy groups -OCH3 is 1. The van der Waals surface area contributed by atoms with Crippen molar-refractivity contribution in [2.75, 3.05) is 19.0 Å². The van der Waals surface area contributed by atoms with Gasteiger partial charge in [0.2, 0.25) is 5.91 Å². The lowest BCUT2D eigenvalue weighted by Gasteiger charge is -2.32. The van der Waals surface area contributed by atoms with Crippen LogP contribution < -0.4 is 5.32 Å². The highest BCUT2D eigenvalue weighted by molar-refractivity contribution is 6.06. The number of anilines is 1. The summed E-state index contributed by atoms with van der Waals surface area (Å²) in [6, 6.07) is 7.93. The zero-order valence-electron chi connectivity index (χ0n) is 12.0. The average molecular weight is 286 g/mol. The Kier molecular flexibility index (Phi) is 2.63. The maximum atomic E-state index is 12.7. The van der Waals surface area contributed by atoms with Gasteiger partial charge in [-0.2, -0.15) is 0 Å². The van der Waals surface area contributed by atoms with Gasteiger partial charge in [-0.25, -0.2) is 0 Å². The maximum Gasteiger partial charge on any atom is 0.310 e. The topological polar surface area (TPSA) is 58.6 Å². The second-order valence-corrected chi connectivity index (χ2v) is 6.10. The molecule has 110 valence electrons. The van der Waals surface area contributed by atoms with Gasteiger partial charge < -0.3 is 10.1 Å². The molecule has 1 amide bonds. The maximum absolute atomic E-state index is 12.7. The molecule has 1 N–H and O–H groups in total. The molecule has 3 aliphatic rings. The summed E-state index contributed by atoms with van der Waals surface area (Å²) in [5.41, 5.74) is 1.20. The molecule has 21 heavy (non-hydrogen) atoms. The van der Waals surface area contributed by atoms with E-state index in [9.17, 15) is 9.59 Å². The number of hydrogen-bond acceptors (Lipinski definition) is 4. The number of nitrogens with one attached hydrogen (secondary N) is 1. The molecule has 1 spiro atoms. The van der Waals surface area contributed by atoms with E-state index in [-0.39, 0.29) is 23.8 Å². The number of carbonyl (C=O) groups excluding carboxylic acids is 2. The number of ether oxygens (including phenoxy) is 1. The first kappa shape index (κ1) is 12.8. The van der Waals surface area contributed by atoms with Crippen LogP contribution in [0.3, 0.4) is 0 Å². The number of amides is 1. The average Bonchev–Trinajstić information content (AvgIpc) is 3.15. The number of fused-ring (bicyclic) bond motifs is 4. The smallest absolute Gasteiger partial charge is 0.310 e. The molecule has 0 aliphatic carbocycles. The molecule has 1 aromatic rings. The van der Waals surface area contributed by atoms with Crippen molar-refractivity contribution in [2.45, 2.75) is 30.8 Å². The second-order valence-electron chi connectivity index (χ2n) is 6.10. The summed E-state index contributed by atoms with van der Waals surface area (Å²) in [4.78, 5) is 27.1. The van der Waals surface area contributed by atoms with Gasteiger partial charge in [0.1, 0.15) is 5.54 Å². The number of esters is 1. The molecule has 3 aliphatic heterocycles. The van der Waals surface area contributed by atoms with Crippen molar-refractivity contribution in [3.8, 4) is 0 Å². The lowest BCUT2D eigenvalue weighted by molar-refractivity contribution is -0.146. The Balaban J connectivity index is 1.84. The summed E-state index contributed by atoms with van der Waals surface area (Å²) in [6.07, 6.45) is 2.50. The van der Waals surface area contributed by atoms with E-state index >= 15 is 0 Å². The molecular weight excluding hydrogens is 268 g/mol. The van der Waals surface area contributed by atoms with E-state index in [1.165, 1.54) is 7.11 Å². The Labute approximate surface area is 123 Å². The Hall–Kier alpha value is -1.88. The third-order valence-corrected chi connectivity index (χ3v) is 5.27. The fraction of sp³-hybridized carbons (Fsp3) is 0.500. The summed E-state index contributed by atoms with van der Waals surface area (Å²) in [5.74, 6) is -0.405. The molecule has 0 unspecified atom stereocenters. The van der Waals surface area contributed by atoms with Crippen LogP contribution in [-0.4, -0.2) is 36.5 Å². The van der Waals surface area contributed by atoms with Gasteiger partial charge in [0.05, 0.1) is 13.0 Å². The summed E-state index contributed by atoms with van der Waals surface area (Å²) in [5, 5.41) is 2.99. The van der Waals surface area contributed by atoms with Crippen LogP contribution in [0.4, 0.5) is 5.69 Å². The van der Waals surface area contributed by atoms with Gasteiger partial charge in [0.15, 0.2) is 0 Å².